The van der Waals surface area contributed by atoms with Crippen LogP contribution in [-0.4, -0.2) is 55.3 Å². The number of hydrogen-bond acceptors (Lipinski definition) is 5. The highest BCUT2D eigenvalue weighted by Crippen LogP contribution is 2.41. The van der Waals surface area contributed by atoms with Gasteiger partial charge in [0.15, 0.2) is 9.84 Å². The summed E-state index contributed by atoms with van der Waals surface area (Å²) in [5.74, 6) is -1.02. The molecule has 0 radical (unpaired) electrons. The number of amides is 4. The summed E-state index contributed by atoms with van der Waals surface area (Å²) in [5, 5.41) is 5.37. The standard InChI is InChI=1S/C17H19N3O5S/c21-14(18-12-6-8-26(24,25)10-12)9-20-15(22)17(19-16(20)23)7-5-11-3-1-2-4-13(11)17/h1-4,12H,5-10H2,(H,18,21)(H,19,23)/t12-,17-/m1/s1. The molecule has 2 heterocycles. The van der Waals surface area contributed by atoms with E-state index in [9.17, 15) is 22.8 Å². The fraction of sp³-hybridized carbons (Fsp3) is 0.471. The van der Waals surface area contributed by atoms with Crippen LogP contribution in [0.3, 0.4) is 0 Å². The maximum Gasteiger partial charge on any atom is 0.325 e. The van der Waals surface area contributed by atoms with Gasteiger partial charge in [0.1, 0.15) is 12.1 Å². The van der Waals surface area contributed by atoms with Crippen molar-refractivity contribution in [3.8, 4) is 0 Å². The molecule has 9 heteroatoms. The molecule has 2 saturated heterocycles. The van der Waals surface area contributed by atoms with Gasteiger partial charge in [-0.15, -0.1) is 0 Å². The highest BCUT2D eigenvalue weighted by Gasteiger charge is 2.55. The Morgan fingerprint density at radius 1 is 1.31 bits per heavy atom. The summed E-state index contributed by atoms with van der Waals surface area (Å²) in [6.45, 7) is -0.412. The highest BCUT2D eigenvalue weighted by molar-refractivity contribution is 7.91. The molecular formula is C17H19N3O5S. The molecule has 0 bridgehead atoms. The van der Waals surface area contributed by atoms with E-state index in [1.165, 1.54) is 0 Å². The van der Waals surface area contributed by atoms with Crippen molar-refractivity contribution in [1.82, 2.24) is 15.5 Å². The number of carbonyl (C=O) groups excluding carboxylic acids is 3. The number of sulfone groups is 1. The van der Waals surface area contributed by atoms with Gasteiger partial charge in [0, 0.05) is 6.04 Å². The van der Waals surface area contributed by atoms with E-state index in [1.807, 2.05) is 24.3 Å². The topological polar surface area (TPSA) is 113 Å². The van der Waals surface area contributed by atoms with Crippen molar-refractivity contribution >= 4 is 27.7 Å². The number of imide groups is 1. The lowest BCUT2D eigenvalue weighted by molar-refractivity contribution is -0.135. The van der Waals surface area contributed by atoms with E-state index in [1.54, 1.807) is 0 Å². The van der Waals surface area contributed by atoms with Gasteiger partial charge >= 0.3 is 6.03 Å². The molecule has 138 valence electrons. The molecule has 1 spiro atoms. The van der Waals surface area contributed by atoms with Crippen LogP contribution >= 0.6 is 0 Å². The second kappa shape index (κ2) is 5.80. The van der Waals surface area contributed by atoms with Gasteiger partial charge in [-0.25, -0.2) is 13.2 Å². The van der Waals surface area contributed by atoms with Gasteiger partial charge in [-0.1, -0.05) is 24.3 Å². The Morgan fingerprint density at radius 2 is 2.08 bits per heavy atom. The van der Waals surface area contributed by atoms with E-state index in [0.29, 0.717) is 19.3 Å². The van der Waals surface area contributed by atoms with Crippen LogP contribution in [0.25, 0.3) is 0 Å². The summed E-state index contributed by atoms with van der Waals surface area (Å²) in [7, 11) is -3.12. The minimum atomic E-state index is -3.12. The minimum Gasteiger partial charge on any atom is -0.351 e. The molecule has 0 aromatic heterocycles. The quantitative estimate of drug-likeness (QED) is 0.701. The summed E-state index contributed by atoms with van der Waals surface area (Å²) in [6, 6.07) is 6.41. The first-order valence-electron chi connectivity index (χ1n) is 8.53. The minimum absolute atomic E-state index is 0.0426. The number of urea groups is 1. The van der Waals surface area contributed by atoms with Gasteiger partial charge < -0.3 is 10.6 Å². The van der Waals surface area contributed by atoms with Crippen LogP contribution in [0, 0.1) is 0 Å². The summed E-state index contributed by atoms with van der Waals surface area (Å²) in [5.41, 5.74) is 0.705. The lowest BCUT2D eigenvalue weighted by Crippen LogP contribution is -2.46. The number of fused-ring (bicyclic) bond motifs is 2. The average molecular weight is 377 g/mol. The largest absolute Gasteiger partial charge is 0.351 e. The van der Waals surface area contributed by atoms with Crippen LogP contribution in [0.4, 0.5) is 4.79 Å². The molecule has 2 aliphatic heterocycles. The molecule has 3 aliphatic rings. The maximum absolute atomic E-state index is 12.9. The third-order valence-corrected chi connectivity index (χ3v) is 7.09. The molecule has 2 N–H and O–H groups in total. The third kappa shape index (κ3) is 2.66. The lowest BCUT2D eigenvalue weighted by Gasteiger charge is -2.22. The van der Waals surface area contributed by atoms with E-state index < -0.39 is 45.8 Å². The molecule has 0 saturated carbocycles. The van der Waals surface area contributed by atoms with E-state index >= 15 is 0 Å². The zero-order valence-corrected chi connectivity index (χ0v) is 14.8. The van der Waals surface area contributed by atoms with Crippen LogP contribution in [0.15, 0.2) is 24.3 Å². The number of benzene rings is 1. The van der Waals surface area contributed by atoms with Gasteiger partial charge in [0.2, 0.25) is 5.91 Å². The fourth-order valence-corrected chi connectivity index (χ4v) is 5.73. The predicted octanol–water partition coefficient (Wildman–Crippen LogP) is -0.317. The first-order chi connectivity index (χ1) is 12.3. The van der Waals surface area contributed by atoms with Crippen molar-refractivity contribution in [3.63, 3.8) is 0 Å². The highest BCUT2D eigenvalue weighted by atomic mass is 32.2. The molecule has 1 aromatic carbocycles. The summed E-state index contributed by atoms with van der Waals surface area (Å²) in [6.07, 6.45) is 1.50. The molecule has 4 amide bonds. The normalized spacial score (nSPS) is 29.1. The molecule has 1 aromatic rings. The van der Waals surface area contributed by atoms with Crippen LogP contribution in [0.2, 0.25) is 0 Å². The zero-order chi connectivity index (χ0) is 18.5. The molecule has 4 rings (SSSR count). The van der Waals surface area contributed by atoms with Gasteiger partial charge in [0.05, 0.1) is 11.5 Å². The third-order valence-electron chi connectivity index (χ3n) is 5.32. The average Bonchev–Trinajstić information content (AvgIpc) is 3.19. The van der Waals surface area contributed by atoms with Gasteiger partial charge in [0.25, 0.3) is 5.91 Å². The smallest absolute Gasteiger partial charge is 0.325 e. The number of carbonyl (C=O) groups is 3. The van der Waals surface area contributed by atoms with Crippen molar-refractivity contribution in [3.05, 3.63) is 35.4 Å². The lowest BCUT2D eigenvalue weighted by atomic mass is 9.92. The summed E-state index contributed by atoms with van der Waals surface area (Å²) in [4.78, 5) is 38.4. The summed E-state index contributed by atoms with van der Waals surface area (Å²) >= 11 is 0. The summed E-state index contributed by atoms with van der Waals surface area (Å²) < 4.78 is 23.0. The van der Waals surface area contributed by atoms with Gasteiger partial charge in [-0.05, 0) is 30.4 Å². The molecule has 0 unspecified atom stereocenters. The monoisotopic (exact) mass is 377 g/mol. The Balaban J connectivity index is 1.48. The molecule has 2 fully saturated rings. The second-order valence-electron chi connectivity index (χ2n) is 7.05. The van der Waals surface area contributed by atoms with Crippen LogP contribution in [0.1, 0.15) is 24.0 Å². The van der Waals surface area contributed by atoms with E-state index in [0.717, 1.165) is 16.0 Å². The van der Waals surface area contributed by atoms with Crippen molar-refractivity contribution in [1.29, 1.82) is 0 Å². The Kier molecular flexibility index (Phi) is 3.80. The molecular weight excluding hydrogens is 358 g/mol. The van der Waals surface area contributed by atoms with Crippen molar-refractivity contribution in [2.45, 2.75) is 30.8 Å². The van der Waals surface area contributed by atoms with Crippen LogP contribution < -0.4 is 10.6 Å². The zero-order valence-electron chi connectivity index (χ0n) is 14.0. The molecule has 26 heavy (non-hydrogen) atoms. The molecule has 8 nitrogen and oxygen atoms in total. The maximum atomic E-state index is 12.9. The second-order valence-corrected chi connectivity index (χ2v) is 9.28. The van der Waals surface area contributed by atoms with Crippen LogP contribution in [-0.2, 0) is 31.4 Å². The van der Waals surface area contributed by atoms with Crippen molar-refractivity contribution < 1.29 is 22.8 Å². The predicted molar refractivity (Wildman–Crippen MR) is 91.9 cm³/mol. The van der Waals surface area contributed by atoms with Crippen LogP contribution in [0.5, 0.6) is 0 Å². The van der Waals surface area contributed by atoms with E-state index in [4.69, 9.17) is 0 Å². The Hall–Kier alpha value is -2.42. The SMILES string of the molecule is O=C(CN1C(=O)N[C@@]2(CCc3ccccc32)C1=O)N[C@@H]1CCS(=O)(=O)C1. The van der Waals surface area contributed by atoms with Crippen molar-refractivity contribution in [2.75, 3.05) is 18.1 Å². The number of aryl methyl sites for hydroxylation is 1. The van der Waals surface area contributed by atoms with E-state index in [-0.39, 0.29) is 11.5 Å². The molecule has 2 atom stereocenters. The Bertz CT molecular complexity index is 913. The number of rotatable bonds is 3. The van der Waals surface area contributed by atoms with Crippen molar-refractivity contribution in [2.24, 2.45) is 0 Å². The first-order valence-corrected chi connectivity index (χ1v) is 10.4. The number of nitrogens with one attached hydrogen (secondary N) is 2. The number of hydrogen-bond donors (Lipinski definition) is 2. The Labute approximate surface area is 150 Å². The number of nitrogens with zero attached hydrogens (tertiary/aromatic N) is 1. The molecule has 1 aliphatic carbocycles. The first kappa shape index (κ1) is 17.0. The fourth-order valence-electron chi connectivity index (χ4n) is 4.06. The van der Waals surface area contributed by atoms with Gasteiger partial charge in [-0.3, -0.25) is 14.5 Å². The van der Waals surface area contributed by atoms with Gasteiger partial charge in [-0.2, -0.15) is 0 Å². The van der Waals surface area contributed by atoms with E-state index in [2.05, 4.69) is 10.6 Å². The Morgan fingerprint density at radius 3 is 2.81 bits per heavy atom.